The van der Waals surface area contributed by atoms with E-state index in [9.17, 15) is 18.4 Å². The van der Waals surface area contributed by atoms with Crippen molar-refractivity contribution in [1.29, 1.82) is 0 Å². The first kappa shape index (κ1) is 41.4. The average Bonchev–Trinajstić information content (AvgIpc) is 3.38. The Labute approximate surface area is 317 Å². The van der Waals surface area contributed by atoms with Gasteiger partial charge in [0.2, 0.25) is 0 Å². The Balaban J connectivity index is 1.70. The van der Waals surface area contributed by atoms with E-state index in [4.69, 9.17) is 28.2 Å². The molecule has 12 heteroatoms. The molecule has 2 unspecified atom stereocenters. The number of unbranched alkanes of at least 4 members (excludes halogenated alkanes) is 1. The number of carbonyl (C=O) groups is 2. The minimum absolute atomic E-state index is 0.0146. The molecule has 0 bridgehead atoms. The molecule has 0 aromatic heterocycles. The van der Waals surface area contributed by atoms with Gasteiger partial charge in [-0.25, -0.2) is 20.2 Å². The molecule has 1 heterocycles. The van der Waals surface area contributed by atoms with Crippen LogP contribution in [0.3, 0.4) is 0 Å². The van der Waals surface area contributed by atoms with Crippen molar-refractivity contribution in [2.45, 2.75) is 104 Å². The molecule has 1 saturated carbocycles. The van der Waals surface area contributed by atoms with Gasteiger partial charge < -0.3 is 16.0 Å². The third-order valence-electron chi connectivity index (χ3n) is 10.2. The van der Waals surface area contributed by atoms with Crippen LogP contribution in [0.25, 0.3) is 5.57 Å². The minimum atomic E-state index is -1.33. The molecule has 2 atom stereocenters. The second-order valence-corrected chi connectivity index (χ2v) is 15.5. The first-order chi connectivity index (χ1) is 25.1. The molecule has 0 radical (unpaired) electrons. The van der Waals surface area contributed by atoms with Gasteiger partial charge in [-0.1, -0.05) is 89.1 Å². The molecule has 6 N–H and O–H groups in total. The predicted octanol–water partition coefficient (Wildman–Crippen LogP) is 8.34. The molecule has 286 valence electrons. The Kier molecular flexibility index (Phi) is 14.2. The summed E-state index contributed by atoms with van der Waals surface area (Å²) in [6.45, 7) is 14.4. The van der Waals surface area contributed by atoms with Gasteiger partial charge in [-0.3, -0.25) is 14.6 Å². The summed E-state index contributed by atoms with van der Waals surface area (Å²) in [6.07, 6.45) is 9.52. The van der Waals surface area contributed by atoms with E-state index in [1.54, 1.807) is 30.4 Å². The highest BCUT2D eigenvalue weighted by atomic mass is 35.5. The van der Waals surface area contributed by atoms with E-state index in [1.807, 2.05) is 17.0 Å². The number of nitrogens with zero attached hydrogens (tertiary/aromatic N) is 3. The fourth-order valence-electron chi connectivity index (χ4n) is 7.29. The van der Waals surface area contributed by atoms with Crippen molar-refractivity contribution in [3.8, 4) is 0 Å². The highest BCUT2D eigenvalue weighted by Gasteiger charge is 2.52. The van der Waals surface area contributed by atoms with E-state index < -0.39 is 17.7 Å². The topological polar surface area (TPSA) is 138 Å². The Morgan fingerprint density at radius 1 is 1.19 bits per heavy atom. The second kappa shape index (κ2) is 18.1. The monoisotopic (exact) mass is 749 g/mol. The number of nitrogens with two attached hydrogens (primary N) is 2. The molecule has 9 nitrogen and oxygen atoms in total. The summed E-state index contributed by atoms with van der Waals surface area (Å²) in [5, 5.41) is 6.39. The average molecular weight is 750 g/mol. The van der Waals surface area contributed by atoms with Crippen molar-refractivity contribution < 1.29 is 18.4 Å². The molecule has 1 aliphatic carbocycles. The second-order valence-electron chi connectivity index (χ2n) is 15.1. The summed E-state index contributed by atoms with van der Waals surface area (Å²) in [5.74, 6) is 4.64. The van der Waals surface area contributed by atoms with Crippen LogP contribution < -0.4 is 22.4 Å². The van der Waals surface area contributed by atoms with Gasteiger partial charge in [-0.2, -0.15) is 5.10 Å². The summed E-state index contributed by atoms with van der Waals surface area (Å²) in [7, 11) is 0. The largest absolute Gasteiger partial charge is 0.384 e. The third kappa shape index (κ3) is 10.4. The van der Waals surface area contributed by atoms with Crippen molar-refractivity contribution in [3.05, 3.63) is 100 Å². The van der Waals surface area contributed by atoms with Crippen molar-refractivity contribution in [2.75, 3.05) is 6.54 Å². The van der Waals surface area contributed by atoms with E-state index in [-0.39, 0.29) is 52.8 Å². The Morgan fingerprint density at radius 3 is 2.43 bits per heavy atom. The minimum Gasteiger partial charge on any atom is -0.384 e. The van der Waals surface area contributed by atoms with Crippen LogP contribution in [0.1, 0.15) is 114 Å². The van der Waals surface area contributed by atoms with Crippen LogP contribution in [0, 0.1) is 17.2 Å². The molecule has 2 aliphatic rings. The standard InChI is InChI=1S/C41H54ClF2N7O2/c1-7-8-12-35(28-13-15-29(16-14-28)38(52)47-25-36(45)49-50-46)51-39(53)37(48-41(51)21-19-32(20-22-41)40(4,5)6)31(23-27(3)43)11-9-10-26(2)30-17-18-33(42)34(44)24-30/h9-10,13-18,23-24,27,32,35,50H,2,7-8,11-12,19-22,25,46H2,1,3-6H3,(H2,45,49)(H,47,52)/b10-9-,31-23+. The van der Waals surface area contributed by atoms with Crippen LogP contribution in [0.15, 0.2) is 82.9 Å². The molecule has 1 fully saturated rings. The summed E-state index contributed by atoms with van der Waals surface area (Å²) >= 11 is 5.86. The number of hydrogen-bond donors (Lipinski definition) is 4. The van der Waals surface area contributed by atoms with Crippen LogP contribution in [-0.4, -0.2) is 46.6 Å². The number of carbonyl (C=O) groups excluding carboxylic acids is 2. The fraction of sp³-hybridized carbons (Fsp3) is 0.463. The molecule has 4 rings (SSSR count). The maximum atomic E-state index is 14.9. The van der Waals surface area contributed by atoms with Gasteiger partial charge in [0.15, 0.2) is 0 Å². The highest BCUT2D eigenvalue weighted by molar-refractivity contribution is 6.46. The van der Waals surface area contributed by atoms with Crippen molar-refractivity contribution >= 4 is 40.5 Å². The molecule has 2 aromatic carbocycles. The van der Waals surface area contributed by atoms with Crippen LogP contribution in [0.5, 0.6) is 0 Å². The van der Waals surface area contributed by atoms with Gasteiger partial charge in [0.25, 0.3) is 11.8 Å². The normalized spacial score (nSPS) is 20.8. The lowest BCUT2D eigenvalue weighted by Gasteiger charge is -2.47. The quantitative estimate of drug-likeness (QED) is 0.0477. The zero-order valence-corrected chi connectivity index (χ0v) is 32.3. The highest BCUT2D eigenvalue weighted by Crippen LogP contribution is 2.50. The first-order valence-electron chi connectivity index (χ1n) is 18.4. The number of allylic oxidation sites excluding steroid dienone is 4. The number of hydrazone groups is 1. The number of amides is 2. The number of nitrogens with one attached hydrogen (secondary N) is 2. The van der Waals surface area contributed by atoms with Crippen LogP contribution >= 0.6 is 11.6 Å². The molecule has 1 spiro atoms. The van der Waals surface area contributed by atoms with Crippen LogP contribution in [0.4, 0.5) is 8.78 Å². The molecule has 2 amide bonds. The molecule has 53 heavy (non-hydrogen) atoms. The Morgan fingerprint density at radius 2 is 1.85 bits per heavy atom. The number of halogens is 3. The lowest BCUT2D eigenvalue weighted by atomic mass is 9.69. The first-order valence-corrected chi connectivity index (χ1v) is 18.7. The van der Waals surface area contributed by atoms with Crippen molar-refractivity contribution in [3.63, 3.8) is 0 Å². The number of aliphatic imine (C=N–C) groups is 1. The molecular weight excluding hydrogens is 696 g/mol. The maximum absolute atomic E-state index is 14.9. The molecule has 0 saturated heterocycles. The van der Waals surface area contributed by atoms with Gasteiger partial charge in [0.1, 0.15) is 29.2 Å². The third-order valence-corrected chi connectivity index (χ3v) is 10.5. The van der Waals surface area contributed by atoms with Gasteiger partial charge in [-0.05, 0) is 109 Å². The van der Waals surface area contributed by atoms with Gasteiger partial charge >= 0.3 is 0 Å². The summed E-state index contributed by atoms with van der Waals surface area (Å²) in [6, 6.07) is 11.4. The van der Waals surface area contributed by atoms with Crippen molar-refractivity contribution in [2.24, 2.45) is 33.0 Å². The fourth-order valence-corrected chi connectivity index (χ4v) is 7.41. The van der Waals surface area contributed by atoms with E-state index in [2.05, 4.69) is 50.2 Å². The molecule has 1 aliphatic heterocycles. The number of rotatable bonds is 15. The van der Waals surface area contributed by atoms with E-state index in [1.165, 1.54) is 25.1 Å². The summed E-state index contributed by atoms with van der Waals surface area (Å²) < 4.78 is 28.9. The summed E-state index contributed by atoms with van der Waals surface area (Å²) in [4.78, 5) is 35.0. The zero-order valence-electron chi connectivity index (χ0n) is 31.5. The Bertz CT molecular complexity index is 1750. The number of benzene rings is 2. The zero-order chi connectivity index (χ0) is 38.9. The van der Waals surface area contributed by atoms with Gasteiger partial charge in [0.05, 0.1) is 17.6 Å². The number of alkyl halides is 1. The van der Waals surface area contributed by atoms with Crippen LogP contribution in [-0.2, 0) is 4.79 Å². The van der Waals surface area contributed by atoms with E-state index >= 15 is 0 Å². The van der Waals surface area contributed by atoms with E-state index in [0.717, 1.165) is 31.2 Å². The Hall–Kier alpha value is -4.35. The summed E-state index contributed by atoms with van der Waals surface area (Å²) in [5.41, 5.74) is 10.3. The predicted molar refractivity (Wildman–Crippen MR) is 211 cm³/mol. The van der Waals surface area contributed by atoms with Gasteiger partial charge in [-0.15, -0.1) is 0 Å². The maximum Gasteiger partial charge on any atom is 0.274 e. The number of hydrazine groups is 1. The number of hydrogen-bond acceptors (Lipinski definition) is 6. The van der Waals surface area contributed by atoms with E-state index in [0.29, 0.717) is 47.5 Å². The van der Waals surface area contributed by atoms with Gasteiger partial charge in [0, 0.05) is 5.56 Å². The lowest BCUT2D eigenvalue weighted by Crippen LogP contribution is -2.51. The number of amidine groups is 1. The smallest absolute Gasteiger partial charge is 0.274 e. The molecular formula is C41H54ClF2N7O2. The molecule has 2 aromatic rings. The lowest BCUT2D eigenvalue weighted by molar-refractivity contribution is -0.133. The van der Waals surface area contributed by atoms with Crippen LogP contribution in [0.2, 0.25) is 5.02 Å². The van der Waals surface area contributed by atoms with Crippen molar-refractivity contribution in [1.82, 2.24) is 15.8 Å². The SMILES string of the molecule is C=C(/C=C\C/C(=C\C(C)F)C1=NC2(CCC(C(C)(C)C)CC2)N(C(CCCC)c2ccc(C(=O)NC/C(N)=N/NN)cc2)C1=O)c1ccc(Cl)c(F)c1.